The molecule has 1 fully saturated rings. The number of fused-ring (bicyclic) bond motifs is 1. The number of nitrogens with zero attached hydrogens (tertiary/aromatic N) is 1. The van der Waals surface area contributed by atoms with Crippen molar-refractivity contribution in [1.82, 2.24) is 9.78 Å². The molecular weight excluding hydrogens is 366 g/mol. The number of amides is 1. The van der Waals surface area contributed by atoms with Gasteiger partial charge in [0.1, 0.15) is 5.82 Å². The number of carbonyl (C=O) groups excluding carboxylic acids is 1. The molecule has 0 saturated heterocycles. The number of ether oxygens (including phenoxy) is 2. The number of H-pyrrole nitrogens is 1. The van der Waals surface area contributed by atoms with Crippen LogP contribution in [0.1, 0.15) is 48.1 Å². The van der Waals surface area contributed by atoms with Crippen LogP contribution in [0.2, 0.25) is 0 Å². The fraction of sp³-hybridized carbons (Fsp3) is 0.474. The third-order valence-electron chi connectivity index (χ3n) is 5.26. The van der Waals surface area contributed by atoms with Crippen molar-refractivity contribution in [3.05, 3.63) is 39.7 Å². The van der Waals surface area contributed by atoms with Gasteiger partial charge in [-0.15, -0.1) is 11.8 Å². The Morgan fingerprint density at radius 2 is 1.85 bits per heavy atom. The molecule has 2 heterocycles. The second-order valence-corrected chi connectivity index (χ2v) is 7.96. The molecule has 0 radical (unpaired) electrons. The van der Waals surface area contributed by atoms with E-state index in [1.54, 1.807) is 14.2 Å². The molecule has 7 nitrogen and oxygen atoms in total. The third kappa shape index (κ3) is 3.22. The van der Waals surface area contributed by atoms with Crippen LogP contribution in [0.15, 0.2) is 23.0 Å². The minimum atomic E-state index is -0.259. The molecule has 1 atom stereocenters. The van der Waals surface area contributed by atoms with Gasteiger partial charge in [-0.1, -0.05) is 18.9 Å². The summed E-state index contributed by atoms with van der Waals surface area (Å²) in [5, 5.41) is 5.67. The topological polar surface area (TPSA) is 85.4 Å². The van der Waals surface area contributed by atoms with E-state index in [9.17, 15) is 9.59 Å². The number of aromatic amines is 1. The highest BCUT2D eigenvalue weighted by Crippen LogP contribution is 2.43. The summed E-state index contributed by atoms with van der Waals surface area (Å²) in [7, 11) is 3.17. The summed E-state index contributed by atoms with van der Waals surface area (Å²) in [4.78, 5) is 25.2. The standard InChI is InChI=1S/C19H23N3O4S/c1-25-13-8-7-11(9-14(13)26-2)17-16-18(20-15(23)10-27-17)22(21-19(16)24)12-5-3-4-6-12/h7-9,12,17H,3-6,10H2,1-2H3,(H,20,23)(H,21,24)/t17-/m1/s1. The summed E-state index contributed by atoms with van der Waals surface area (Å²) in [5.41, 5.74) is 1.36. The quantitative estimate of drug-likeness (QED) is 0.839. The smallest absolute Gasteiger partial charge is 0.270 e. The summed E-state index contributed by atoms with van der Waals surface area (Å²) in [6, 6.07) is 5.86. The minimum absolute atomic E-state index is 0.0880. The van der Waals surface area contributed by atoms with Crippen LogP contribution in [0, 0.1) is 0 Å². The highest BCUT2D eigenvalue weighted by atomic mass is 32.2. The Balaban J connectivity index is 1.82. The molecule has 1 aromatic heterocycles. The molecule has 0 unspecified atom stereocenters. The number of hydrogen-bond acceptors (Lipinski definition) is 5. The summed E-state index contributed by atoms with van der Waals surface area (Å²) < 4.78 is 12.6. The summed E-state index contributed by atoms with van der Waals surface area (Å²) in [6.07, 6.45) is 4.31. The first-order valence-corrected chi connectivity index (χ1v) is 10.1. The van der Waals surface area contributed by atoms with Gasteiger partial charge in [-0.25, -0.2) is 0 Å². The summed E-state index contributed by atoms with van der Waals surface area (Å²) in [5.74, 6) is 2.05. The van der Waals surface area contributed by atoms with E-state index in [0.29, 0.717) is 22.9 Å². The first kappa shape index (κ1) is 18.0. The van der Waals surface area contributed by atoms with E-state index in [2.05, 4.69) is 10.4 Å². The monoisotopic (exact) mass is 389 g/mol. The van der Waals surface area contributed by atoms with E-state index in [1.165, 1.54) is 11.8 Å². The van der Waals surface area contributed by atoms with Crippen LogP contribution < -0.4 is 20.3 Å². The van der Waals surface area contributed by atoms with Gasteiger partial charge < -0.3 is 14.8 Å². The predicted molar refractivity (Wildman–Crippen MR) is 105 cm³/mol. The normalized spacial score (nSPS) is 20.1. The third-order valence-corrected chi connectivity index (χ3v) is 6.53. The lowest BCUT2D eigenvalue weighted by atomic mass is 10.1. The van der Waals surface area contributed by atoms with Gasteiger partial charge >= 0.3 is 0 Å². The van der Waals surface area contributed by atoms with Crippen LogP contribution in [0.3, 0.4) is 0 Å². The molecule has 2 aromatic rings. The van der Waals surface area contributed by atoms with Crippen molar-refractivity contribution in [1.29, 1.82) is 0 Å². The average Bonchev–Trinajstić information content (AvgIpc) is 3.27. The Kier molecular flexibility index (Phi) is 4.90. The van der Waals surface area contributed by atoms with Crippen molar-refractivity contribution in [3.63, 3.8) is 0 Å². The molecule has 4 rings (SSSR count). The second kappa shape index (κ2) is 7.34. The Hall–Kier alpha value is -2.35. The zero-order valence-electron chi connectivity index (χ0n) is 15.4. The van der Waals surface area contributed by atoms with Gasteiger partial charge in [0, 0.05) is 0 Å². The number of rotatable bonds is 4. The van der Waals surface area contributed by atoms with Gasteiger partial charge in [-0.3, -0.25) is 19.4 Å². The zero-order chi connectivity index (χ0) is 19.0. The Labute approximate surface area is 161 Å². The van der Waals surface area contributed by atoms with Crippen LogP contribution in [-0.4, -0.2) is 35.7 Å². The molecule has 1 aliphatic heterocycles. The van der Waals surface area contributed by atoms with Gasteiger partial charge in [0.25, 0.3) is 5.56 Å². The lowest BCUT2D eigenvalue weighted by Gasteiger charge is -2.17. The van der Waals surface area contributed by atoms with Crippen molar-refractivity contribution in [2.75, 3.05) is 25.3 Å². The first-order chi connectivity index (χ1) is 13.1. The van der Waals surface area contributed by atoms with E-state index >= 15 is 0 Å². The molecule has 0 bridgehead atoms. The maximum atomic E-state index is 12.9. The number of benzene rings is 1. The number of thioether (sulfide) groups is 1. The van der Waals surface area contributed by atoms with E-state index in [-0.39, 0.29) is 28.5 Å². The maximum absolute atomic E-state index is 12.9. The molecule has 8 heteroatoms. The van der Waals surface area contributed by atoms with Crippen molar-refractivity contribution >= 4 is 23.5 Å². The molecule has 2 aliphatic rings. The predicted octanol–water partition coefficient (Wildman–Crippen LogP) is 3.08. The molecule has 27 heavy (non-hydrogen) atoms. The van der Waals surface area contributed by atoms with Gasteiger partial charge in [-0.2, -0.15) is 0 Å². The number of carbonyl (C=O) groups is 1. The zero-order valence-corrected chi connectivity index (χ0v) is 16.2. The molecule has 144 valence electrons. The molecular formula is C19H23N3O4S. The molecule has 2 N–H and O–H groups in total. The van der Waals surface area contributed by atoms with Gasteiger partial charge in [0.2, 0.25) is 5.91 Å². The largest absolute Gasteiger partial charge is 0.493 e. The van der Waals surface area contributed by atoms with E-state index in [0.717, 1.165) is 31.2 Å². The van der Waals surface area contributed by atoms with Crippen molar-refractivity contribution in [2.24, 2.45) is 0 Å². The SMILES string of the molecule is COc1ccc([C@H]2SCC(=O)Nc3c2c(=O)[nH]n3C2CCCC2)cc1OC. The fourth-order valence-corrected chi connectivity index (χ4v) is 5.07. The van der Waals surface area contributed by atoms with Crippen LogP contribution >= 0.6 is 11.8 Å². The molecule has 1 aromatic carbocycles. The van der Waals surface area contributed by atoms with Crippen LogP contribution in [0.25, 0.3) is 0 Å². The van der Waals surface area contributed by atoms with E-state index in [1.807, 2.05) is 22.9 Å². The van der Waals surface area contributed by atoms with Crippen molar-refractivity contribution in [2.45, 2.75) is 37.0 Å². The first-order valence-electron chi connectivity index (χ1n) is 9.10. The average molecular weight is 389 g/mol. The van der Waals surface area contributed by atoms with Crippen LogP contribution in [0.4, 0.5) is 5.82 Å². The summed E-state index contributed by atoms with van der Waals surface area (Å²) >= 11 is 1.45. The number of aromatic nitrogens is 2. The lowest BCUT2D eigenvalue weighted by molar-refractivity contribution is -0.113. The van der Waals surface area contributed by atoms with Crippen LogP contribution in [-0.2, 0) is 4.79 Å². The Bertz CT molecular complexity index is 914. The molecule has 0 spiro atoms. The van der Waals surface area contributed by atoms with E-state index < -0.39 is 0 Å². The highest BCUT2D eigenvalue weighted by Gasteiger charge is 2.33. The van der Waals surface area contributed by atoms with Gasteiger partial charge in [0.15, 0.2) is 11.5 Å². The number of hydrogen-bond donors (Lipinski definition) is 2. The van der Waals surface area contributed by atoms with Crippen LogP contribution in [0.5, 0.6) is 11.5 Å². The minimum Gasteiger partial charge on any atom is -0.493 e. The van der Waals surface area contributed by atoms with E-state index in [4.69, 9.17) is 9.47 Å². The van der Waals surface area contributed by atoms with Crippen molar-refractivity contribution in [3.8, 4) is 11.5 Å². The number of nitrogens with one attached hydrogen (secondary N) is 2. The highest BCUT2D eigenvalue weighted by molar-refractivity contribution is 8.00. The van der Waals surface area contributed by atoms with Crippen molar-refractivity contribution < 1.29 is 14.3 Å². The molecule has 1 aliphatic carbocycles. The maximum Gasteiger partial charge on any atom is 0.270 e. The summed E-state index contributed by atoms with van der Waals surface area (Å²) in [6.45, 7) is 0. The second-order valence-electron chi connectivity index (χ2n) is 6.87. The fourth-order valence-electron chi connectivity index (χ4n) is 3.96. The molecule has 1 saturated carbocycles. The molecule has 1 amide bonds. The van der Waals surface area contributed by atoms with Gasteiger partial charge in [0.05, 0.1) is 36.8 Å². The van der Waals surface area contributed by atoms with Gasteiger partial charge in [-0.05, 0) is 30.5 Å². The Morgan fingerprint density at radius 1 is 1.11 bits per heavy atom. The number of anilines is 1. The Morgan fingerprint density at radius 3 is 2.56 bits per heavy atom. The number of methoxy groups -OCH3 is 2. The lowest BCUT2D eigenvalue weighted by Crippen LogP contribution is -2.18.